The van der Waals surface area contributed by atoms with E-state index in [-0.39, 0.29) is 0 Å². The van der Waals surface area contributed by atoms with Gasteiger partial charge in [0.15, 0.2) is 0 Å². The van der Waals surface area contributed by atoms with Gasteiger partial charge in [-0.3, -0.25) is 0 Å². The molecule has 1 unspecified atom stereocenters. The van der Waals surface area contributed by atoms with Gasteiger partial charge in [-0.15, -0.1) is 11.6 Å². The Kier molecular flexibility index (Phi) is 5.48. The van der Waals surface area contributed by atoms with Crippen LogP contribution in [0.2, 0.25) is 0 Å². The number of ether oxygens (including phenoxy) is 1. The van der Waals surface area contributed by atoms with Crippen molar-refractivity contribution in [2.75, 3.05) is 6.61 Å². The van der Waals surface area contributed by atoms with Gasteiger partial charge in [0.25, 0.3) is 0 Å². The molecule has 0 aliphatic heterocycles. The summed E-state index contributed by atoms with van der Waals surface area (Å²) < 4.78 is 6.71. The fraction of sp³-hybridized carbons (Fsp3) is 0.500. The van der Waals surface area contributed by atoms with E-state index in [1.54, 1.807) is 0 Å². The van der Waals surface area contributed by atoms with Crippen molar-refractivity contribution in [3.8, 4) is 5.75 Å². The van der Waals surface area contributed by atoms with E-state index < -0.39 is 0 Å². The maximum absolute atomic E-state index is 5.81. The zero-order chi connectivity index (χ0) is 11.3. The van der Waals surface area contributed by atoms with E-state index in [9.17, 15) is 0 Å². The summed E-state index contributed by atoms with van der Waals surface area (Å²) in [6.07, 6.45) is 1.14. The van der Waals surface area contributed by atoms with Crippen LogP contribution in [0, 0.1) is 5.92 Å². The van der Waals surface area contributed by atoms with Crippen molar-refractivity contribution in [3.63, 3.8) is 0 Å². The zero-order valence-electron chi connectivity index (χ0n) is 9.09. The third-order valence-electron chi connectivity index (χ3n) is 2.39. The molecule has 0 amide bonds. The molecule has 0 aliphatic rings. The van der Waals surface area contributed by atoms with Gasteiger partial charge in [-0.1, -0.05) is 36.2 Å². The highest BCUT2D eigenvalue weighted by Gasteiger charge is 2.03. The monoisotopic (exact) mass is 290 g/mol. The molecule has 0 aromatic heterocycles. The first-order chi connectivity index (χ1) is 7.17. The van der Waals surface area contributed by atoms with Crippen molar-refractivity contribution in [1.29, 1.82) is 0 Å². The molecule has 0 bridgehead atoms. The summed E-state index contributed by atoms with van der Waals surface area (Å²) in [5.41, 5.74) is 1.07. The Bertz CT molecular complexity index is 314. The third kappa shape index (κ3) is 4.04. The topological polar surface area (TPSA) is 9.23 Å². The van der Waals surface area contributed by atoms with E-state index in [1.807, 2.05) is 18.2 Å². The molecular weight excluding hydrogens is 275 g/mol. The summed E-state index contributed by atoms with van der Waals surface area (Å²) in [6, 6.07) is 5.92. The van der Waals surface area contributed by atoms with Gasteiger partial charge in [0.05, 0.1) is 6.61 Å². The summed E-state index contributed by atoms with van der Waals surface area (Å²) in [4.78, 5) is 0. The van der Waals surface area contributed by atoms with E-state index in [4.69, 9.17) is 16.3 Å². The average Bonchev–Trinajstić information content (AvgIpc) is 2.27. The van der Waals surface area contributed by atoms with Gasteiger partial charge in [0.2, 0.25) is 0 Å². The SMILES string of the molecule is CCC(C)COc1ccc(Br)c(CCl)c1. The molecule has 0 spiro atoms. The standard InChI is InChI=1S/C12H16BrClO/c1-3-9(2)8-15-11-4-5-12(13)10(6-11)7-14/h4-6,9H,3,7-8H2,1-2H3. The smallest absolute Gasteiger partial charge is 0.119 e. The molecule has 0 heterocycles. The van der Waals surface area contributed by atoms with Crippen LogP contribution >= 0.6 is 27.5 Å². The maximum atomic E-state index is 5.81. The van der Waals surface area contributed by atoms with E-state index >= 15 is 0 Å². The summed E-state index contributed by atoms with van der Waals surface area (Å²) in [5, 5.41) is 0. The number of rotatable bonds is 5. The van der Waals surface area contributed by atoms with Crippen molar-refractivity contribution in [3.05, 3.63) is 28.2 Å². The predicted molar refractivity (Wildman–Crippen MR) is 68.6 cm³/mol. The van der Waals surface area contributed by atoms with Gasteiger partial charge in [0.1, 0.15) is 5.75 Å². The molecular formula is C12H16BrClO. The molecule has 84 valence electrons. The summed E-state index contributed by atoms with van der Waals surface area (Å²) in [6.45, 7) is 5.11. The molecule has 0 N–H and O–H groups in total. The lowest BCUT2D eigenvalue weighted by Crippen LogP contribution is -2.07. The number of hydrogen-bond donors (Lipinski definition) is 0. The van der Waals surface area contributed by atoms with E-state index in [2.05, 4.69) is 29.8 Å². The van der Waals surface area contributed by atoms with Gasteiger partial charge < -0.3 is 4.74 Å². The fourth-order valence-electron chi connectivity index (χ4n) is 1.10. The minimum atomic E-state index is 0.501. The second-order valence-corrected chi connectivity index (χ2v) is 4.83. The van der Waals surface area contributed by atoms with Crippen molar-refractivity contribution in [2.24, 2.45) is 5.92 Å². The van der Waals surface area contributed by atoms with Crippen molar-refractivity contribution in [2.45, 2.75) is 26.1 Å². The van der Waals surface area contributed by atoms with Crippen LogP contribution < -0.4 is 4.74 Å². The lowest BCUT2D eigenvalue weighted by molar-refractivity contribution is 0.256. The molecule has 3 heteroatoms. The summed E-state index contributed by atoms with van der Waals surface area (Å²) in [5.74, 6) is 1.99. The lowest BCUT2D eigenvalue weighted by Gasteiger charge is -2.12. The van der Waals surface area contributed by atoms with Gasteiger partial charge in [-0.25, -0.2) is 0 Å². The van der Waals surface area contributed by atoms with E-state index in [0.717, 1.165) is 28.8 Å². The maximum Gasteiger partial charge on any atom is 0.119 e. The summed E-state index contributed by atoms with van der Waals surface area (Å²) in [7, 11) is 0. The molecule has 15 heavy (non-hydrogen) atoms. The zero-order valence-corrected chi connectivity index (χ0v) is 11.4. The number of alkyl halides is 1. The van der Waals surface area contributed by atoms with Gasteiger partial charge >= 0.3 is 0 Å². The Labute approximate surface area is 105 Å². The number of halogens is 2. The average molecular weight is 292 g/mol. The molecule has 0 radical (unpaired) electrons. The fourth-order valence-corrected chi connectivity index (χ4v) is 1.87. The Balaban J connectivity index is 2.62. The summed E-state index contributed by atoms with van der Waals surface area (Å²) >= 11 is 9.25. The van der Waals surface area contributed by atoms with Crippen LogP contribution in [0.1, 0.15) is 25.8 Å². The van der Waals surface area contributed by atoms with E-state index in [1.165, 1.54) is 0 Å². The highest BCUT2D eigenvalue weighted by molar-refractivity contribution is 9.10. The Morgan fingerprint density at radius 2 is 2.20 bits per heavy atom. The van der Waals surface area contributed by atoms with Crippen molar-refractivity contribution >= 4 is 27.5 Å². The molecule has 1 aromatic carbocycles. The van der Waals surface area contributed by atoms with Crippen molar-refractivity contribution in [1.82, 2.24) is 0 Å². The second-order valence-electron chi connectivity index (χ2n) is 3.71. The lowest BCUT2D eigenvalue weighted by atomic mass is 10.1. The Morgan fingerprint density at radius 3 is 2.80 bits per heavy atom. The normalized spacial score (nSPS) is 12.5. The molecule has 0 saturated carbocycles. The molecule has 1 rings (SSSR count). The van der Waals surface area contributed by atoms with E-state index in [0.29, 0.717) is 11.8 Å². The molecule has 0 fully saturated rings. The highest BCUT2D eigenvalue weighted by atomic mass is 79.9. The number of hydrogen-bond acceptors (Lipinski definition) is 1. The first kappa shape index (κ1) is 12.9. The first-order valence-corrected chi connectivity index (χ1v) is 6.47. The first-order valence-electron chi connectivity index (χ1n) is 5.14. The minimum Gasteiger partial charge on any atom is -0.493 e. The van der Waals surface area contributed by atoms with Crippen LogP contribution in [-0.2, 0) is 5.88 Å². The van der Waals surface area contributed by atoms with Crippen LogP contribution in [0.15, 0.2) is 22.7 Å². The number of benzene rings is 1. The third-order valence-corrected chi connectivity index (χ3v) is 3.45. The molecule has 1 atom stereocenters. The predicted octanol–water partition coefficient (Wildman–Crippen LogP) is 4.61. The van der Waals surface area contributed by atoms with Crippen molar-refractivity contribution < 1.29 is 4.74 Å². The quantitative estimate of drug-likeness (QED) is 0.720. The van der Waals surface area contributed by atoms with Gasteiger partial charge in [-0.05, 0) is 29.7 Å². The highest BCUT2D eigenvalue weighted by Crippen LogP contribution is 2.24. The van der Waals surface area contributed by atoms with Crippen LogP contribution in [0.4, 0.5) is 0 Å². The molecule has 0 aliphatic carbocycles. The van der Waals surface area contributed by atoms with Crippen LogP contribution in [0.25, 0.3) is 0 Å². The van der Waals surface area contributed by atoms with Gasteiger partial charge in [0, 0.05) is 10.4 Å². The minimum absolute atomic E-state index is 0.501. The molecule has 0 saturated heterocycles. The van der Waals surface area contributed by atoms with Gasteiger partial charge in [-0.2, -0.15) is 0 Å². The van der Waals surface area contributed by atoms with Crippen LogP contribution in [0.3, 0.4) is 0 Å². The van der Waals surface area contributed by atoms with Crippen LogP contribution in [-0.4, -0.2) is 6.61 Å². The largest absolute Gasteiger partial charge is 0.493 e. The van der Waals surface area contributed by atoms with Crippen LogP contribution in [0.5, 0.6) is 5.75 Å². The molecule has 1 nitrogen and oxygen atoms in total. The Hall–Kier alpha value is -0.210. The second kappa shape index (κ2) is 6.39. The molecule has 1 aromatic rings. The Morgan fingerprint density at radius 1 is 1.47 bits per heavy atom.